The van der Waals surface area contributed by atoms with Crippen LogP contribution in [0.1, 0.15) is 32.3 Å². The zero-order chi connectivity index (χ0) is 13.4. The molecule has 0 spiro atoms. The molecule has 1 nitrogen and oxygen atoms in total. The second kappa shape index (κ2) is 7.44. The van der Waals surface area contributed by atoms with E-state index in [1.165, 1.54) is 23.6 Å². The van der Waals surface area contributed by atoms with Crippen molar-refractivity contribution in [1.29, 1.82) is 0 Å². The summed E-state index contributed by atoms with van der Waals surface area (Å²) >= 11 is 0. The van der Waals surface area contributed by atoms with Crippen molar-refractivity contribution in [2.24, 2.45) is 0 Å². The van der Waals surface area contributed by atoms with E-state index in [0.29, 0.717) is 5.92 Å². The van der Waals surface area contributed by atoms with Crippen LogP contribution in [0, 0.1) is 0 Å². The monoisotopic (exact) mass is 240 g/mol. The van der Waals surface area contributed by atoms with Gasteiger partial charge >= 0.3 is 0 Å². The third-order valence-corrected chi connectivity index (χ3v) is 2.68. The van der Waals surface area contributed by atoms with Gasteiger partial charge in [-0.15, -0.1) is 0 Å². The summed E-state index contributed by atoms with van der Waals surface area (Å²) < 4.78 is 0. The fourth-order valence-corrected chi connectivity index (χ4v) is 1.69. The highest BCUT2D eigenvalue weighted by molar-refractivity contribution is 5.63. The first-order valence-electron chi connectivity index (χ1n) is 6.24. The SMILES string of the molecule is CC(C)c1ccc(-c2ccccc2)cc1.CC=O. The van der Waals surface area contributed by atoms with Crippen molar-refractivity contribution in [3.05, 3.63) is 60.2 Å². The molecule has 18 heavy (non-hydrogen) atoms. The summed E-state index contributed by atoms with van der Waals surface area (Å²) in [4.78, 5) is 8.81. The molecular weight excluding hydrogens is 220 g/mol. The molecule has 0 saturated carbocycles. The molecule has 0 fully saturated rings. The largest absolute Gasteiger partial charge is 0.304 e. The summed E-state index contributed by atoms with van der Waals surface area (Å²) in [6.07, 6.45) is 0.750. The Kier molecular flexibility index (Phi) is 5.86. The molecular formula is C17H20O. The van der Waals surface area contributed by atoms with Crippen molar-refractivity contribution in [1.82, 2.24) is 0 Å². The maximum Gasteiger partial charge on any atom is 0.116 e. The number of carbonyl (C=O) groups is 1. The normalized spacial score (nSPS) is 9.56. The molecule has 0 aliphatic carbocycles. The lowest BCUT2D eigenvalue weighted by Crippen LogP contribution is -1.86. The van der Waals surface area contributed by atoms with Gasteiger partial charge in [0, 0.05) is 0 Å². The topological polar surface area (TPSA) is 17.1 Å². The second-order valence-electron chi connectivity index (χ2n) is 4.38. The molecule has 0 saturated heterocycles. The van der Waals surface area contributed by atoms with E-state index in [-0.39, 0.29) is 0 Å². The van der Waals surface area contributed by atoms with E-state index in [1.54, 1.807) is 0 Å². The van der Waals surface area contributed by atoms with Crippen LogP contribution >= 0.6 is 0 Å². The third kappa shape index (κ3) is 4.17. The standard InChI is InChI=1S/C15H16.C2H4O/c1-12(2)13-8-10-15(11-9-13)14-6-4-3-5-7-14;1-2-3/h3-12H,1-2H3;2H,1H3. The Morgan fingerprint density at radius 3 is 1.72 bits per heavy atom. The van der Waals surface area contributed by atoms with Gasteiger partial charge in [-0.2, -0.15) is 0 Å². The van der Waals surface area contributed by atoms with Crippen molar-refractivity contribution >= 4 is 6.29 Å². The fraction of sp³-hybridized carbons (Fsp3) is 0.235. The van der Waals surface area contributed by atoms with Gasteiger partial charge in [-0.25, -0.2) is 0 Å². The number of rotatable bonds is 2. The second-order valence-corrected chi connectivity index (χ2v) is 4.38. The Hall–Kier alpha value is -1.89. The summed E-state index contributed by atoms with van der Waals surface area (Å²) in [6.45, 7) is 5.88. The Labute approximate surface area is 109 Å². The average Bonchev–Trinajstić information content (AvgIpc) is 2.41. The highest BCUT2D eigenvalue weighted by atomic mass is 16.1. The molecule has 0 heterocycles. The maximum atomic E-state index is 8.81. The van der Waals surface area contributed by atoms with Gasteiger partial charge in [0.05, 0.1) is 0 Å². The van der Waals surface area contributed by atoms with Crippen LogP contribution in [-0.4, -0.2) is 6.29 Å². The summed E-state index contributed by atoms with van der Waals surface area (Å²) in [5.41, 5.74) is 3.97. The number of aldehydes is 1. The quantitative estimate of drug-likeness (QED) is 0.696. The number of benzene rings is 2. The minimum atomic E-state index is 0.606. The van der Waals surface area contributed by atoms with Crippen LogP contribution in [-0.2, 0) is 4.79 Å². The molecule has 2 aromatic carbocycles. The van der Waals surface area contributed by atoms with Gasteiger partial charge in [0.1, 0.15) is 6.29 Å². The van der Waals surface area contributed by atoms with E-state index in [1.807, 2.05) is 6.07 Å². The minimum Gasteiger partial charge on any atom is -0.304 e. The molecule has 2 rings (SSSR count). The summed E-state index contributed by atoms with van der Waals surface area (Å²) in [5, 5.41) is 0. The molecule has 0 unspecified atom stereocenters. The first kappa shape index (κ1) is 14.2. The smallest absolute Gasteiger partial charge is 0.116 e. The van der Waals surface area contributed by atoms with Crippen LogP contribution in [0.3, 0.4) is 0 Å². The van der Waals surface area contributed by atoms with Gasteiger partial charge in [-0.3, -0.25) is 0 Å². The molecule has 1 heteroatoms. The highest BCUT2D eigenvalue weighted by Gasteiger charge is 1.99. The first-order valence-corrected chi connectivity index (χ1v) is 6.24. The van der Waals surface area contributed by atoms with Crippen LogP contribution in [0.4, 0.5) is 0 Å². The van der Waals surface area contributed by atoms with E-state index in [4.69, 9.17) is 4.79 Å². The van der Waals surface area contributed by atoms with Crippen molar-refractivity contribution in [2.75, 3.05) is 0 Å². The van der Waals surface area contributed by atoms with Crippen molar-refractivity contribution < 1.29 is 4.79 Å². The highest BCUT2D eigenvalue weighted by Crippen LogP contribution is 2.22. The van der Waals surface area contributed by atoms with Gasteiger partial charge in [0.25, 0.3) is 0 Å². The molecule has 0 aliphatic rings. The summed E-state index contributed by atoms with van der Waals surface area (Å²) in [5.74, 6) is 0.606. The number of carbonyl (C=O) groups excluding carboxylic acids is 1. The maximum absolute atomic E-state index is 8.81. The molecule has 0 bridgehead atoms. The van der Waals surface area contributed by atoms with E-state index in [2.05, 4.69) is 62.4 Å². The van der Waals surface area contributed by atoms with Gasteiger partial charge in [0.15, 0.2) is 0 Å². The molecule has 0 amide bonds. The minimum absolute atomic E-state index is 0.606. The van der Waals surface area contributed by atoms with Gasteiger partial charge < -0.3 is 4.79 Å². The van der Waals surface area contributed by atoms with E-state index in [9.17, 15) is 0 Å². The van der Waals surface area contributed by atoms with Crippen molar-refractivity contribution in [3.63, 3.8) is 0 Å². The van der Waals surface area contributed by atoms with E-state index < -0.39 is 0 Å². The molecule has 0 N–H and O–H groups in total. The summed E-state index contributed by atoms with van der Waals surface area (Å²) in [7, 11) is 0. The lowest BCUT2D eigenvalue weighted by Gasteiger charge is -2.06. The van der Waals surface area contributed by atoms with Crippen LogP contribution in [0.25, 0.3) is 11.1 Å². The molecule has 0 radical (unpaired) electrons. The Balaban J connectivity index is 0.000000492. The predicted molar refractivity (Wildman–Crippen MR) is 77.7 cm³/mol. The Morgan fingerprint density at radius 1 is 0.833 bits per heavy atom. The van der Waals surface area contributed by atoms with E-state index >= 15 is 0 Å². The average molecular weight is 240 g/mol. The lowest BCUT2D eigenvalue weighted by atomic mass is 9.99. The molecule has 0 aliphatic heterocycles. The van der Waals surface area contributed by atoms with Crippen molar-refractivity contribution in [2.45, 2.75) is 26.7 Å². The molecule has 0 aromatic heterocycles. The predicted octanol–water partition coefficient (Wildman–Crippen LogP) is 4.68. The van der Waals surface area contributed by atoms with Crippen LogP contribution in [0.15, 0.2) is 54.6 Å². The Morgan fingerprint density at radius 2 is 1.28 bits per heavy atom. The Bertz CT molecular complexity index is 455. The first-order chi connectivity index (χ1) is 8.69. The van der Waals surface area contributed by atoms with Crippen molar-refractivity contribution in [3.8, 4) is 11.1 Å². The lowest BCUT2D eigenvalue weighted by molar-refractivity contribution is -0.106. The van der Waals surface area contributed by atoms with Gasteiger partial charge in [-0.05, 0) is 29.5 Å². The molecule has 94 valence electrons. The molecule has 0 atom stereocenters. The van der Waals surface area contributed by atoms with E-state index in [0.717, 1.165) is 6.29 Å². The fourth-order valence-electron chi connectivity index (χ4n) is 1.69. The third-order valence-electron chi connectivity index (χ3n) is 2.68. The van der Waals surface area contributed by atoms with Crippen LogP contribution in [0.2, 0.25) is 0 Å². The zero-order valence-electron chi connectivity index (χ0n) is 11.3. The summed E-state index contributed by atoms with van der Waals surface area (Å²) in [6, 6.07) is 19.3. The van der Waals surface area contributed by atoms with Gasteiger partial charge in [0.2, 0.25) is 0 Å². The van der Waals surface area contributed by atoms with Gasteiger partial charge in [-0.1, -0.05) is 68.4 Å². The number of hydrogen-bond acceptors (Lipinski definition) is 1. The zero-order valence-corrected chi connectivity index (χ0v) is 11.3. The molecule has 2 aromatic rings. The van der Waals surface area contributed by atoms with Crippen LogP contribution in [0.5, 0.6) is 0 Å². The number of hydrogen-bond donors (Lipinski definition) is 0. The van der Waals surface area contributed by atoms with Crippen LogP contribution < -0.4 is 0 Å².